The van der Waals surface area contributed by atoms with E-state index >= 15 is 0 Å². The van der Waals surface area contributed by atoms with Gasteiger partial charge in [0.2, 0.25) is 0 Å². The molecule has 2 aromatic rings. The number of rotatable bonds is 4. The van der Waals surface area contributed by atoms with Gasteiger partial charge in [0.25, 0.3) is 10.0 Å². The van der Waals surface area contributed by atoms with Crippen molar-refractivity contribution in [2.24, 2.45) is 0 Å². The minimum absolute atomic E-state index is 0.180. The van der Waals surface area contributed by atoms with Crippen LogP contribution in [0.5, 0.6) is 0 Å². The molecular weight excluding hydrogens is 382 g/mol. The molecule has 134 valence electrons. The number of benzene rings is 1. The molecule has 0 spiro atoms. The molecule has 0 bridgehead atoms. The van der Waals surface area contributed by atoms with Crippen molar-refractivity contribution >= 4 is 39.0 Å². The molecule has 9 heteroatoms. The molecule has 3 rings (SSSR count). The van der Waals surface area contributed by atoms with Gasteiger partial charge >= 0.3 is 6.03 Å². The second-order valence-corrected chi connectivity index (χ2v) is 9.47. The Morgan fingerprint density at radius 1 is 1.08 bits per heavy atom. The molecule has 0 atom stereocenters. The van der Waals surface area contributed by atoms with Gasteiger partial charge in [0, 0.05) is 32.7 Å². The van der Waals surface area contributed by atoms with E-state index in [9.17, 15) is 13.2 Å². The topological polar surface area (TPSA) is 69.7 Å². The number of nitrogens with one attached hydrogen (secondary N) is 1. The first-order valence-corrected chi connectivity index (χ1v) is 10.4. The number of carbonyl (C=O) groups is 1. The summed E-state index contributed by atoms with van der Waals surface area (Å²) in [4.78, 5) is 13.9. The Hall–Kier alpha value is -1.61. The van der Waals surface area contributed by atoms with Crippen molar-refractivity contribution in [2.75, 3.05) is 26.2 Å². The molecule has 25 heavy (non-hydrogen) atoms. The lowest BCUT2D eigenvalue weighted by Crippen LogP contribution is -2.52. The van der Waals surface area contributed by atoms with Gasteiger partial charge in [-0.3, -0.25) is 0 Å². The zero-order chi connectivity index (χ0) is 17.9. The molecule has 1 aromatic heterocycles. The maximum Gasteiger partial charge on any atom is 0.317 e. The number of amides is 2. The Morgan fingerprint density at radius 3 is 2.36 bits per heavy atom. The van der Waals surface area contributed by atoms with Gasteiger partial charge in [-0.05, 0) is 17.7 Å². The van der Waals surface area contributed by atoms with Crippen molar-refractivity contribution in [2.45, 2.75) is 10.8 Å². The van der Waals surface area contributed by atoms with Crippen molar-refractivity contribution in [3.05, 3.63) is 52.4 Å². The Balaban J connectivity index is 1.54. The van der Waals surface area contributed by atoms with Crippen LogP contribution in [0.15, 0.2) is 46.7 Å². The van der Waals surface area contributed by atoms with Crippen molar-refractivity contribution in [1.82, 2.24) is 14.5 Å². The third kappa shape index (κ3) is 4.33. The number of piperazine rings is 1. The van der Waals surface area contributed by atoms with Crippen molar-refractivity contribution in [1.29, 1.82) is 0 Å². The van der Waals surface area contributed by atoms with E-state index in [1.807, 2.05) is 30.3 Å². The summed E-state index contributed by atoms with van der Waals surface area (Å²) in [5.74, 6) is 0. The molecule has 1 aromatic carbocycles. The average Bonchev–Trinajstić information content (AvgIpc) is 3.08. The van der Waals surface area contributed by atoms with E-state index in [0.717, 1.165) is 16.9 Å². The van der Waals surface area contributed by atoms with E-state index in [1.165, 1.54) is 10.4 Å². The minimum atomic E-state index is -3.54. The monoisotopic (exact) mass is 399 g/mol. The highest BCUT2D eigenvalue weighted by molar-refractivity contribution is 7.91. The Morgan fingerprint density at radius 2 is 1.76 bits per heavy atom. The van der Waals surface area contributed by atoms with E-state index in [-0.39, 0.29) is 23.3 Å². The van der Waals surface area contributed by atoms with E-state index < -0.39 is 10.0 Å². The molecule has 0 radical (unpaired) electrons. The zero-order valence-electron chi connectivity index (χ0n) is 13.4. The molecule has 1 saturated heterocycles. The average molecular weight is 400 g/mol. The number of hydrogen-bond donors (Lipinski definition) is 1. The van der Waals surface area contributed by atoms with Crippen LogP contribution in [0, 0.1) is 0 Å². The van der Waals surface area contributed by atoms with Gasteiger partial charge in [-0.2, -0.15) is 4.31 Å². The Kier molecular flexibility index (Phi) is 5.63. The number of carbonyl (C=O) groups excluding carboxylic acids is 1. The fourth-order valence-electron chi connectivity index (χ4n) is 2.58. The lowest BCUT2D eigenvalue weighted by molar-refractivity contribution is 0.172. The summed E-state index contributed by atoms with van der Waals surface area (Å²) in [6.45, 7) is 1.72. The quantitative estimate of drug-likeness (QED) is 0.859. The summed E-state index contributed by atoms with van der Waals surface area (Å²) in [6, 6.07) is 12.6. The van der Waals surface area contributed by atoms with Crippen LogP contribution in [0.4, 0.5) is 4.79 Å². The molecule has 1 N–H and O–H groups in total. The third-order valence-corrected chi connectivity index (χ3v) is 7.55. The molecule has 1 fully saturated rings. The second kappa shape index (κ2) is 7.74. The maximum atomic E-state index is 12.5. The molecule has 6 nitrogen and oxygen atoms in total. The lowest BCUT2D eigenvalue weighted by atomic mass is 10.2. The van der Waals surface area contributed by atoms with E-state index in [0.29, 0.717) is 24.0 Å². The second-order valence-electron chi connectivity index (χ2n) is 5.59. The Labute approximate surface area is 156 Å². The van der Waals surface area contributed by atoms with Crippen molar-refractivity contribution in [3.63, 3.8) is 0 Å². The summed E-state index contributed by atoms with van der Waals surface area (Å²) in [7, 11) is -3.54. The Bertz CT molecular complexity index is 831. The molecule has 2 heterocycles. The zero-order valence-corrected chi connectivity index (χ0v) is 15.8. The maximum absolute atomic E-state index is 12.5. The fourth-order valence-corrected chi connectivity index (χ4v) is 5.64. The highest BCUT2D eigenvalue weighted by Crippen LogP contribution is 2.28. The first-order valence-electron chi connectivity index (χ1n) is 7.79. The molecule has 1 aliphatic heterocycles. The number of nitrogens with zero attached hydrogens (tertiary/aromatic N) is 2. The summed E-state index contributed by atoms with van der Waals surface area (Å²) < 4.78 is 27.2. The van der Waals surface area contributed by atoms with Gasteiger partial charge in [-0.25, -0.2) is 13.2 Å². The van der Waals surface area contributed by atoms with Gasteiger partial charge < -0.3 is 10.2 Å². The highest BCUT2D eigenvalue weighted by atomic mass is 35.5. The molecule has 0 saturated carbocycles. The summed E-state index contributed by atoms with van der Waals surface area (Å²) >= 11 is 6.87. The van der Waals surface area contributed by atoms with Crippen LogP contribution < -0.4 is 5.32 Å². The summed E-state index contributed by atoms with van der Waals surface area (Å²) in [5, 5.41) is 2.86. The largest absolute Gasteiger partial charge is 0.334 e. The molecule has 0 aliphatic carbocycles. The fraction of sp³-hybridized carbons (Fsp3) is 0.312. The molecule has 2 amide bonds. The number of halogens is 1. The number of urea groups is 1. The van der Waals surface area contributed by atoms with Crippen molar-refractivity contribution < 1.29 is 13.2 Å². The van der Waals surface area contributed by atoms with Gasteiger partial charge in [-0.15, -0.1) is 11.3 Å². The van der Waals surface area contributed by atoms with E-state index in [2.05, 4.69) is 5.32 Å². The van der Waals surface area contributed by atoms with E-state index in [1.54, 1.807) is 11.0 Å². The van der Waals surface area contributed by atoms with Gasteiger partial charge in [0.05, 0.1) is 4.34 Å². The highest BCUT2D eigenvalue weighted by Gasteiger charge is 2.31. The predicted octanol–water partition coefficient (Wildman–Crippen LogP) is 2.62. The molecular formula is C16H18ClN3O3S2. The van der Waals surface area contributed by atoms with Crippen LogP contribution in [0.2, 0.25) is 4.34 Å². The smallest absolute Gasteiger partial charge is 0.317 e. The van der Waals surface area contributed by atoms with Crippen molar-refractivity contribution in [3.8, 4) is 0 Å². The van der Waals surface area contributed by atoms with Gasteiger partial charge in [0.15, 0.2) is 0 Å². The predicted molar refractivity (Wildman–Crippen MR) is 98.3 cm³/mol. The number of thiophene rings is 1. The molecule has 0 unspecified atom stereocenters. The van der Waals surface area contributed by atoms with Crippen LogP contribution in [-0.2, 0) is 16.6 Å². The SMILES string of the molecule is O=C(NCc1ccccc1)N1CCN(S(=O)(=O)c2ccc(Cl)s2)CC1. The number of sulfonamides is 1. The first-order chi connectivity index (χ1) is 12.0. The standard InChI is InChI=1S/C16H18ClN3O3S2/c17-14-6-7-15(24-14)25(22,23)20-10-8-19(9-11-20)16(21)18-12-13-4-2-1-3-5-13/h1-7H,8-12H2,(H,18,21). The van der Waals surface area contributed by atoms with Crippen LogP contribution in [0.25, 0.3) is 0 Å². The van der Waals surface area contributed by atoms with Crippen LogP contribution in [0.1, 0.15) is 5.56 Å². The number of hydrogen-bond acceptors (Lipinski definition) is 4. The van der Waals surface area contributed by atoms with Crippen LogP contribution in [0.3, 0.4) is 0 Å². The van der Waals surface area contributed by atoms with Crippen LogP contribution in [-0.4, -0.2) is 49.8 Å². The first kappa shape index (κ1) is 18.2. The van der Waals surface area contributed by atoms with E-state index in [4.69, 9.17) is 11.6 Å². The summed E-state index contributed by atoms with van der Waals surface area (Å²) in [6.07, 6.45) is 0. The molecule has 1 aliphatic rings. The van der Waals surface area contributed by atoms with Gasteiger partial charge in [0.1, 0.15) is 4.21 Å². The van der Waals surface area contributed by atoms with Gasteiger partial charge in [-0.1, -0.05) is 41.9 Å². The van der Waals surface area contributed by atoms with Crippen LogP contribution >= 0.6 is 22.9 Å². The lowest BCUT2D eigenvalue weighted by Gasteiger charge is -2.33. The normalized spacial score (nSPS) is 16.0. The minimum Gasteiger partial charge on any atom is -0.334 e. The third-order valence-electron chi connectivity index (χ3n) is 3.96. The summed E-state index contributed by atoms with van der Waals surface area (Å²) in [5.41, 5.74) is 1.02.